The fourth-order valence-electron chi connectivity index (χ4n) is 3.22. The van der Waals surface area contributed by atoms with Crippen LogP contribution in [0.3, 0.4) is 0 Å². The summed E-state index contributed by atoms with van der Waals surface area (Å²) in [6.45, 7) is 2.65. The summed E-state index contributed by atoms with van der Waals surface area (Å²) in [5.74, 6) is 0. The number of nitrogens with zero attached hydrogens (tertiary/aromatic N) is 5. The molecule has 2 aromatic rings. The second-order valence-corrected chi connectivity index (χ2v) is 7.54. The smallest absolute Gasteiger partial charge is 0.160 e. The summed E-state index contributed by atoms with van der Waals surface area (Å²) >= 11 is 1.44. The summed E-state index contributed by atoms with van der Waals surface area (Å²) in [7, 11) is 6.04. The van der Waals surface area contributed by atoms with E-state index in [1.54, 1.807) is 6.20 Å². The van der Waals surface area contributed by atoms with Crippen LogP contribution in [0.25, 0.3) is 10.2 Å². The van der Waals surface area contributed by atoms with Crippen LogP contribution in [0.1, 0.15) is 34.5 Å². The zero-order valence-electron chi connectivity index (χ0n) is 15.1. The Morgan fingerprint density at radius 3 is 2.72 bits per heavy atom. The van der Waals surface area contributed by atoms with Gasteiger partial charge in [0.15, 0.2) is 6.29 Å². The molecule has 7 heteroatoms. The Morgan fingerprint density at radius 2 is 2.04 bits per heavy atom. The molecule has 25 heavy (non-hydrogen) atoms. The molecule has 6 nitrogen and oxygen atoms in total. The number of carbonyl (C=O) groups is 1. The predicted molar refractivity (Wildman–Crippen MR) is 105 cm³/mol. The second-order valence-electron chi connectivity index (χ2n) is 6.51. The highest BCUT2D eigenvalue weighted by Crippen LogP contribution is 2.35. The van der Waals surface area contributed by atoms with Crippen LogP contribution in [0.5, 0.6) is 0 Å². The van der Waals surface area contributed by atoms with Gasteiger partial charge in [0.2, 0.25) is 0 Å². The van der Waals surface area contributed by atoms with E-state index in [9.17, 15) is 4.79 Å². The number of aliphatic imine (C=N–C) groups is 1. The molecular formula is C18H25N5OS. The average Bonchev–Trinajstić information content (AvgIpc) is 3.00. The summed E-state index contributed by atoms with van der Waals surface area (Å²) in [6.07, 6.45) is 8.37. The van der Waals surface area contributed by atoms with Gasteiger partial charge in [0.1, 0.15) is 4.83 Å². The van der Waals surface area contributed by atoms with E-state index in [-0.39, 0.29) is 0 Å². The SMILES string of the molecule is CN(C)c1ccnc2sc(C=O)c(CN=CN(C)N3CCCCC3)c12. The van der Waals surface area contributed by atoms with Gasteiger partial charge in [-0.1, -0.05) is 6.42 Å². The number of hydrogen-bond donors (Lipinski definition) is 0. The Kier molecular flexibility index (Phi) is 5.65. The van der Waals surface area contributed by atoms with Crippen molar-refractivity contribution in [2.45, 2.75) is 25.8 Å². The highest BCUT2D eigenvalue weighted by atomic mass is 32.1. The van der Waals surface area contributed by atoms with E-state index in [1.807, 2.05) is 33.5 Å². The summed E-state index contributed by atoms with van der Waals surface area (Å²) < 4.78 is 0. The molecule has 0 aliphatic carbocycles. The third-order valence-electron chi connectivity index (χ3n) is 4.57. The van der Waals surface area contributed by atoms with Crippen molar-refractivity contribution in [1.29, 1.82) is 0 Å². The lowest BCUT2D eigenvalue weighted by Crippen LogP contribution is -2.42. The number of thiophene rings is 1. The van der Waals surface area contributed by atoms with E-state index in [0.29, 0.717) is 6.54 Å². The van der Waals surface area contributed by atoms with Gasteiger partial charge in [-0.25, -0.2) is 9.99 Å². The van der Waals surface area contributed by atoms with E-state index in [4.69, 9.17) is 0 Å². The fourth-order valence-corrected chi connectivity index (χ4v) is 4.21. The first-order chi connectivity index (χ1) is 12.1. The monoisotopic (exact) mass is 359 g/mol. The number of aldehydes is 1. The third-order valence-corrected chi connectivity index (χ3v) is 5.63. The predicted octanol–water partition coefficient (Wildman–Crippen LogP) is 3.04. The molecule has 1 saturated heterocycles. The van der Waals surface area contributed by atoms with Crippen molar-refractivity contribution < 1.29 is 4.79 Å². The average molecular weight is 359 g/mol. The van der Waals surface area contributed by atoms with Gasteiger partial charge in [-0.2, -0.15) is 0 Å². The standard InChI is InChI=1S/C18H25N5OS/c1-21(2)15-7-8-20-18-17(15)14(16(12-24)25-18)11-19-13-22(3)23-9-5-4-6-10-23/h7-8,12-13H,4-6,9-11H2,1-3H3. The number of carbonyl (C=O) groups excluding carboxylic acids is 1. The van der Waals surface area contributed by atoms with Crippen LogP contribution in [0.15, 0.2) is 17.3 Å². The Hall–Kier alpha value is -1.99. The molecule has 1 fully saturated rings. The number of pyridine rings is 1. The van der Waals surface area contributed by atoms with Crippen LogP contribution >= 0.6 is 11.3 Å². The third kappa shape index (κ3) is 3.82. The topological polar surface area (TPSA) is 52.0 Å². The van der Waals surface area contributed by atoms with Crippen LogP contribution in [-0.2, 0) is 6.54 Å². The molecule has 3 heterocycles. The molecule has 0 aromatic carbocycles. The molecule has 1 aliphatic heterocycles. The first-order valence-corrected chi connectivity index (χ1v) is 9.44. The molecule has 3 rings (SSSR count). The molecule has 0 atom stereocenters. The number of fused-ring (bicyclic) bond motifs is 1. The number of hydrazine groups is 1. The largest absolute Gasteiger partial charge is 0.377 e. The number of aromatic nitrogens is 1. The molecule has 134 valence electrons. The quantitative estimate of drug-likeness (QED) is 0.451. The van der Waals surface area contributed by atoms with Gasteiger partial charge in [-0.3, -0.25) is 14.8 Å². The maximum absolute atomic E-state index is 11.5. The number of hydrogen-bond acceptors (Lipinski definition) is 6. The minimum Gasteiger partial charge on any atom is -0.377 e. The normalized spacial score (nSPS) is 15.8. The van der Waals surface area contributed by atoms with E-state index in [0.717, 1.165) is 45.7 Å². The van der Waals surface area contributed by atoms with E-state index in [2.05, 4.69) is 24.9 Å². The lowest BCUT2D eigenvalue weighted by atomic mass is 10.1. The van der Waals surface area contributed by atoms with Crippen molar-refractivity contribution in [2.24, 2.45) is 4.99 Å². The van der Waals surface area contributed by atoms with Crippen LogP contribution in [0.4, 0.5) is 5.69 Å². The Balaban J connectivity index is 1.84. The maximum atomic E-state index is 11.5. The van der Waals surface area contributed by atoms with Crippen LogP contribution in [0, 0.1) is 0 Å². The zero-order valence-corrected chi connectivity index (χ0v) is 15.9. The molecule has 2 aromatic heterocycles. The summed E-state index contributed by atoms with van der Waals surface area (Å²) in [6, 6.07) is 1.98. The summed E-state index contributed by atoms with van der Waals surface area (Å²) in [5.41, 5.74) is 2.04. The Bertz CT molecular complexity index is 764. The molecule has 0 bridgehead atoms. The summed E-state index contributed by atoms with van der Waals surface area (Å²) in [4.78, 5) is 24.2. The molecule has 0 saturated carbocycles. The fraction of sp³-hybridized carbons (Fsp3) is 0.500. The van der Waals surface area contributed by atoms with Crippen molar-refractivity contribution in [3.05, 3.63) is 22.7 Å². The minimum absolute atomic E-state index is 0.485. The van der Waals surface area contributed by atoms with Gasteiger partial charge in [0.05, 0.1) is 17.8 Å². The van der Waals surface area contributed by atoms with Crippen molar-refractivity contribution in [3.8, 4) is 0 Å². The molecular weight excluding hydrogens is 334 g/mol. The lowest BCUT2D eigenvalue weighted by Gasteiger charge is -2.33. The molecule has 0 spiro atoms. The van der Waals surface area contributed by atoms with Crippen LogP contribution < -0.4 is 4.90 Å². The highest BCUT2D eigenvalue weighted by Gasteiger charge is 2.17. The zero-order chi connectivity index (χ0) is 17.8. The molecule has 1 aliphatic rings. The van der Waals surface area contributed by atoms with Crippen molar-refractivity contribution in [1.82, 2.24) is 15.0 Å². The molecule has 0 radical (unpaired) electrons. The van der Waals surface area contributed by atoms with Crippen molar-refractivity contribution in [2.75, 3.05) is 39.1 Å². The lowest BCUT2D eigenvalue weighted by molar-refractivity contribution is 0.0527. The maximum Gasteiger partial charge on any atom is 0.160 e. The van der Waals surface area contributed by atoms with E-state index in [1.165, 1.54) is 30.6 Å². The van der Waals surface area contributed by atoms with Gasteiger partial charge >= 0.3 is 0 Å². The van der Waals surface area contributed by atoms with Crippen molar-refractivity contribution >= 4 is 39.9 Å². The first-order valence-electron chi connectivity index (χ1n) is 8.62. The second kappa shape index (κ2) is 7.93. The van der Waals surface area contributed by atoms with Crippen LogP contribution in [0.2, 0.25) is 0 Å². The molecule has 0 unspecified atom stereocenters. The van der Waals surface area contributed by atoms with Crippen molar-refractivity contribution in [3.63, 3.8) is 0 Å². The Labute approximate surface area is 152 Å². The van der Waals surface area contributed by atoms with Gasteiger partial charge in [0, 0.05) is 57.1 Å². The number of rotatable bonds is 6. The van der Waals surface area contributed by atoms with Gasteiger partial charge < -0.3 is 4.90 Å². The molecule has 0 amide bonds. The van der Waals surface area contributed by atoms with E-state index >= 15 is 0 Å². The molecule has 0 N–H and O–H groups in total. The van der Waals surface area contributed by atoms with E-state index < -0.39 is 0 Å². The highest BCUT2D eigenvalue weighted by molar-refractivity contribution is 7.20. The number of anilines is 1. The van der Waals surface area contributed by atoms with Crippen LogP contribution in [-0.4, -0.2) is 61.9 Å². The summed E-state index contributed by atoms with van der Waals surface area (Å²) in [5, 5.41) is 5.42. The number of piperidine rings is 1. The minimum atomic E-state index is 0.485. The Morgan fingerprint density at radius 1 is 1.28 bits per heavy atom. The van der Waals surface area contributed by atoms with Gasteiger partial charge in [0.25, 0.3) is 0 Å². The van der Waals surface area contributed by atoms with Gasteiger partial charge in [-0.05, 0) is 18.9 Å². The first kappa shape index (κ1) is 17.8. The van der Waals surface area contributed by atoms with Gasteiger partial charge in [-0.15, -0.1) is 11.3 Å².